The fourth-order valence-electron chi connectivity index (χ4n) is 2.65. The highest BCUT2D eigenvalue weighted by molar-refractivity contribution is 6.33. The average molecular weight is 421 g/mol. The summed E-state index contributed by atoms with van der Waals surface area (Å²) < 4.78 is 5.59. The molecule has 0 fully saturated rings. The molecule has 0 unspecified atom stereocenters. The number of halogens is 2. The van der Waals surface area contributed by atoms with Crippen molar-refractivity contribution in [1.29, 1.82) is 5.26 Å². The summed E-state index contributed by atoms with van der Waals surface area (Å²) in [5.74, 6) is 0.133. The molecule has 8 heteroatoms. The van der Waals surface area contributed by atoms with Crippen molar-refractivity contribution in [3.05, 3.63) is 45.3 Å². The summed E-state index contributed by atoms with van der Waals surface area (Å²) >= 11 is 12.4. The Labute approximate surface area is 175 Å². The van der Waals surface area contributed by atoms with Gasteiger partial charge in [0.1, 0.15) is 10.8 Å². The molecule has 0 saturated carbocycles. The standard InChI is InChI=1S/C20H22Cl2N4O2/c1-11(2)15-16(21)24-18(22)25-17(15)26(19(27)28-20(4,5)6)14-8-12(3)7-13(9-14)10-23/h7-9,11H,1-6H3. The topological polar surface area (TPSA) is 79.1 Å². The lowest BCUT2D eigenvalue weighted by Crippen LogP contribution is -2.35. The van der Waals surface area contributed by atoms with Crippen molar-refractivity contribution in [2.24, 2.45) is 0 Å². The van der Waals surface area contributed by atoms with Gasteiger partial charge in [-0.05, 0) is 69.0 Å². The molecule has 0 aliphatic rings. The van der Waals surface area contributed by atoms with Crippen LogP contribution in [0.1, 0.15) is 57.2 Å². The van der Waals surface area contributed by atoms with E-state index >= 15 is 0 Å². The van der Waals surface area contributed by atoms with Crippen molar-refractivity contribution in [2.75, 3.05) is 4.90 Å². The number of nitriles is 1. The number of aromatic nitrogens is 2. The Hall–Kier alpha value is -2.36. The summed E-state index contributed by atoms with van der Waals surface area (Å²) in [5.41, 5.74) is 1.45. The van der Waals surface area contributed by atoms with Crippen molar-refractivity contribution in [3.8, 4) is 6.07 Å². The van der Waals surface area contributed by atoms with E-state index in [1.165, 1.54) is 4.90 Å². The van der Waals surface area contributed by atoms with Crippen molar-refractivity contribution < 1.29 is 9.53 Å². The maximum atomic E-state index is 13.1. The third-order valence-corrected chi connectivity index (χ3v) is 4.12. The number of ether oxygens (including phenoxy) is 1. The Morgan fingerprint density at radius 3 is 2.39 bits per heavy atom. The van der Waals surface area contributed by atoms with Crippen LogP contribution >= 0.6 is 23.2 Å². The lowest BCUT2D eigenvalue weighted by atomic mass is 10.0. The van der Waals surface area contributed by atoms with Gasteiger partial charge in [-0.1, -0.05) is 25.4 Å². The van der Waals surface area contributed by atoms with E-state index < -0.39 is 11.7 Å². The maximum absolute atomic E-state index is 13.1. The smallest absolute Gasteiger partial charge is 0.420 e. The molecule has 6 nitrogen and oxygen atoms in total. The van der Waals surface area contributed by atoms with E-state index in [0.29, 0.717) is 16.8 Å². The number of hydrogen-bond donors (Lipinski definition) is 0. The number of carbonyl (C=O) groups excluding carboxylic acids is 1. The van der Waals surface area contributed by atoms with Crippen molar-refractivity contribution in [2.45, 2.75) is 53.1 Å². The first-order chi connectivity index (χ1) is 12.9. The van der Waals surface area contributed by atoms with Crippen molar-refractivity contribution in [1.82, 2.24) is 9.97 Å². The van der Waals surface area contributed by atoms with E-state index in [4.69, 9.17) is 27.9 Å². The minimum Gasteiger partial charge on any atom is -0.443 e. The van der Waals surface area contributed by atoms with Crippen LogP contribution in [0, 0.1) is 18.3 Å². The van der Waals surface area contributed by atoms with Crippen LogP contribution in [-0.2, 0) is 4.74 Å². The third-order valence-electron chi connectivity index (χ3n) is 3.67. The van der Waals surface area contributed by atoms with Gasteiger partial charge in [0.2, 0.25) is 5.28 Å². The van der Waals surface area contributed by atoms with Crippen LogP contribution in [0.5, 0.6) is 0 Å². The zero-order chi connectivity index (χ0) is 21.2. The van der Waals surface area contributed by atoms with Gasteiger partial charge in [-0.25, -0.2) is 14.7 Å². The summed E-state index contributed by atoms with van der Waals surface area (Å²) in [6.07, 6.45) is -0.658. The molecule has 0 N–H and O–H groups in total. The highest BCUT2D eigenvalue weighted by Crippen LogP contribution is 2.37. The highest BCUT2D eigenvalue weighted by Gasteiger charge is 2.30. The predicted octanol–water partition coefficient (Wildman–Crippen LogP) is 6.16. The fraction of sp³-hybridized carbons (Fsp3) is 0.400. The number of carbonyl (C=O) groups is 1. The molecular weight excluding hydrogens is 399 g/mol. The Bertz CT molecular complexity index is 946. The molecule has 148 valence electrons. The second kappa shape index (κ2) is 8.34. The minimum atomic E-state index is -0.740. The van der Waals surface area contributed by atoms with Crippen LogP contribution in [0.3, 0.4) is 0 Å². The zero-order valence-corrected chi connectivity index (χ0v) is 18.2. The third kappa shape index (κ3) is 5.12. The second-order valence-electron chi connectivity index (χ2n) is 7.66. The van der Waals surface area contributed by atoms with E-state index in [-0.39, 0.29) is 22.2 Å². The molecule has 1 heterocycles. The van der Waals surface area contributed by atoms with Gasteiger partial charge in [0.15, 0.2) is 5.82 Å². The van der Waals surface area contributed by atoms with Gasteiger partial charge in [0.05, 0.1) is 17.3 Å². The number of nitrogens with zero attached hydrogens (tertiary/aromatic N) is 4. The van der Waals surface area contributed by atoms with Crippen LogP contribution in [0.2, 0.25) is 10.4 Å². The molecule has 2 aromatic rings. The van der Waals surface area contributed by atoms with Gasteiger partial charge >= 0.3 is 6.09 Å². The molecule has 1 amide bonds. The lowest BCUT2D eigenvalue weighted by Gasteiger charge is -2.29. The molecule has 0 radical (unpaired) electrons. The molecule has 0 aliphatic carbocycles. The largest absolute Gasteiger partial charge is 0.443 e. The van der Waals surface area contributed by atoms with Crippen LogP contribution < -0.4 is 4.90 Å². The average Bonchev–Trinajstić information content (AvgIpc) is 2.51. The van der Waals surface area contributed by atoms with Gasteiger partial charge in [-0.3, -0.25) is 0 Å². The maximum Gasteiger partial charge on any atom is 0.420 e. The Balaban J connectivity index is 2.79. The van der Waals surface area contributed by atoms with E-state index in [0.717, 1.165) is 5.56 Å². The van der Waals surface area contributed by atoms with Crippen molar-refractivity contribution >= 4 is 40.8 Å². The molecule has 1 aromatic heterocycles. The Kier molecular flexibility index (Phi) is 6.53. The number of benzene rings is 1. The Morgan fingerprint density at radius 1 is 1.21 bits per heavy atom. The van der Waals surface area contributed by atoms with E-state index in [2.05, 4.69) is 16.0 Å². The summed E-state index contributed by atoms with van der Waals surface area (Å²) in [6, 6.07) is 7.17. The SMILES string of the molecule is Cc1cc(C#N)cc(N(C(=O)OC(C)(C)C)c2nc(Cl)nc(Cl)c2C(C)C)c1. The number of aryl methyl sites for hydroxylation is 1. The summed E-state index contributed by atoms with van der Waals surface area (Å²) in [4.78, 5) is 22.7. The lowest BCUT2D eigenvalue weighted by molar-refractivity contribution is 0.0598. The van der Waals surface area contributed by atoms with Crippen LogP contribution in [-0.4, -0.2) is 21.7 Å². The van der Waals surface area contributed by atoms with E-state index in [9.17, 15) is 10.1 Å². The van der Waals surface area contributed by atoms with Gasteiger partial charge < -0.3 is 4.74 Å². The van der Waals surface area contributed by atoms with Crippen LogP contribution in [0.25, 0.3) is 0 Å². The number of anilines is 2. The first kappa shape index (κ1) is 21.9. The molecule has 2 rings (SSSR count). The first-order valence-electron chi connectivity index (χ1n) is 8.70. The van der Waals surface area contributed by atoms with Gasteiger partial charge in [-0.2, -0.15) is 10.2 Å². The fourth-order valence-corrected chi connectivity index (χ4v) is 3.24. The molecule has 0 aliphatic heterocycles. The highest BCUT2D eigenvalue weighted by atomic mass is 35.5. The first-order valence-corrected chi connectivity index (χ1v) is 9.46. The monoisotopic (exact) mass is 420 g/mol. The van der Waals surface area contributed by atoms with Crippen LogP contribution in [0.4, 0.5) is 16.3 Å². The minimum absolute atomic E-state index is 0.0916. The van der Waals surface area contributed by atoms with Crippen LogP contribution in [0.15, 0.2) is 18.2 Å². The van der Waals surface area contributed by atoms with Gasteiger partial charge in [0.25, 0.3) is 0 Å². The molecule has 28 heavy (non-hydrogen) atoms. The second-order valence-corrected chi connectivity index (χ2v) is 8.36. The molecular formula is C20H22Cl2N4O2. The molecule has 0 spiro atoms. The quantitative estimate of drug-likeness (QED) is 0.438. The predicted molar refractivity (Wildman–Crippen MR) is 110 cm³/mol. The van der Waals surface area contributed by atoms with E-state index in [1.807, 2.05) is 20.8 Å². The number of hydrogen-bond acceptors (Lipinski definition) is 5. The molecule has 0 atom stereocenters. The molecule has 0 saturated heterocycles. The van der Waals surface area contributed by atoms with Gasteiger partial charge in [-0.15, -0.1) is 0 Å². The molecule has 0 bridgehead atoms. The summed E-state index contributed by atoms with van der Waals surface area (Å²) in [5, 5.41) is 9.41. The normalized spacial score (nSPS) is 11.3. The number of rotatable bonds is 3. The summed E-state index contributed by atoms with van der Waals surface area (Å²) in [7, 11) is 0. The number of amides is 1. The van der Waals surface area contributed by atoms with E-state index in [1.54, 1.807) is 39.0 Å². The molecule has 1 aromatic carbocycles. The Morgan fingerprint density at radius 2 is 1.86 bits per heavy atom. The van der Waals surface area contributed by atoms with Gasteiger partial charge in [0, 0.05) is 5.56 Å². The zero-order valence-electron chi connectivity index (χ0n) is 16.7. The summed E-state index contributed by atoms with van der Waals surface area (Å²) in [6.45, 7) is 11.0. The van der Waals surface area contributed by atoms with Crippen molar-refractivity contribution in [3.63, 3.8) is 0 Å².